The summed E-state index contributed by atoms with van der Waals surface area (Å²) in [6.45, 7) is 4.12. The molecule has 0 aliphatic heterocycles. The summed E-state index contributed by atoms with van der Waals surface area (Å²) < 4.78 is 81.9. The molecule has 0 fully saturated rings. The van der Waals surface area contributed by atoms with E-state index in [1.54, 1.807) is 66.0 Å². The molecule has 0 saturated carbocycles. The maximum Gasteiger partial charge on any atom is 0.461 e. The fraction of sp³-hybridized carbons (Fsp3) is 0.116. The summed E-state index contributed by atoms with van der Waals surface area (Å²) in [7, 11) is 0. The van der Waals surface area contributed by atoms with Gasteiger partial charge in [-0.15, -0.1) is 4.94 Å². The van der Waals surface area contributed by atoms with E-state index in [0.29, 0.717) is 40.0 Å². The Kier molecular flexibility index (Phi) is 11.4. The number of carbonyl (C=O) groups is 2. The Bertz CT molecular complexity index is 2250. The van der Waals surface area contributed by atoms with Crippen molar-refractivity contribution in [2.75, 3.05) is 10.6 Å². The van der Waals surface area contributed by atoms with E-state index in [0.717, 1.165) is 23.3 Å². The van der Waals surface area contributed by atoms with Crippen LogP contribution in [0.1, 0.15) is 35.3 Å². The van der Waals surface area contributed by atoms with Gasteiger partial charge < -0.3 is 24.8 Å². The summed E-state index contributed by atoms with van der Waals surface area (Å²) in [5.41, 5.74) is 2.41. The van der Waals surface area contributed by atoms with Crippen molar-refractivity contribution >= 4 is 23.2 Å². The Morgan fingerprint density at radius 2 is 0.839 bits per heavy atom. The molecule has 0 aliphatic carbocycles. The molecule has 1 atom stereocenters. The molecule has 2 amide bonds. The number of halogens is 5. The molecule has 56 heavy (non-hydrogen) atoms. The number of hydrogen-bond acceptors (Lipinski definition) is 6. The Labute approximate surface area is 318 Å². The van der Waals surface area contributed by atoms with Crippen molar-refractivity contribution in [2.45, 2.75) is 31.3 Å². The summed E-state index contributed by atoms with van der Waals surface area (Å²) >= 11 is 0. The highest BCUT2D eigenvalue weighted by Gasteiger charge is 2.65. The van der Waals surface area contributed by atoms with E-state index in [-0.39, 0.29) is 17.3 Å². The van der Waals surface area contributed by atoms with Crippen molar-refractivity contribution in [3.05, 3.63) is 168 Å². The molecule has 0 aromatic heterocycles. The second-order valence-electron chi connectivity index (χ2n) is 12.9. The molecule has 2 N–H and O–H groups in total. The Hall–Kier alpha value is -6.73. The summed E-state index contributed by atoms with van der Waals surface area (Å²) in [4.78, 5) is 26.8. The van der Waals surface area contributed by atoms with Gasteiger partial charge in [0.15, 0.2) is 0 Å². The first-order chi connectivity index (χ1) is 26.7. The highest BCUT2D eigenvalue weighted by atomic mass is 19.4. The summed E-state index contributed by atoms with van der Waals surface area (Å²) in [5.74, 6) is -4.54. The Morgan fingerprint density at radius 3 is 1.23 bits per heavy atom. The molecule has 6 aromatic carbocycles. The number of rotatable bonds is 13. The third-order valence-electron chi connectivity index (χ3n) is 8.71. The van der Waals surface area contributed by atoms with Crippen molar-refractivity contribution in [1.29, 1.82) is 0 Å². The number of hydrogen-bond donors (Lipinski definition) is 2. The van der Waals surface area contributed by atoms with Crippen molar-refractivity contribution in [3.8, 4) is 34.5 Å². The average Bonchev–Trinajstić information content (AvgIpc) is 3.19. The van der Waals surface area contributed by atoms with Crippen LogP contribution < -0.4 is 24.8 Å². The number of para-hydroxylation sites is 1. The molecular formula is C43H33F5N2O6. The largest absolute Gasteiger partial charge is 0.461 e. The molecule has 0 radical (unpaired) electrons. The molecular weight excluding hydrogens is 735 g/mol. The number of ether oxygens (including phenoxy) is 3. The summed E-state index contributed by atoms with van der Waals surface area (Å²) in [6, 6.07) is 43.2. The van der Waals surface area contributed by atoms with Gasteiger partial charge in [-0.1, -0.05) is 56.3 Å². The van der Waals surface area contributed by atoms with Gasteiger partial charge in [-0.3, -0.25) is 9.59 Å². The first-order valence-corrected chi connectivity index (χ1v) is 17.0. The van der Waals surface area contributed by atoms with Crippen LogP contribution in [0.2, 0.25) is 0 Å². The lowest BCUT2D eigenvalue weighted by Crippen LogP contribution is -2.51. The topological polar surface area (TPSA) is 95.1 Å². The van der Waals surface area contributed by atoms with Gasteiger partial charge in [0.1, 0.15) is 34.5 Å². The third-order valence-corrected chi connectivity index (χ3v) is 8.71. The van der Waals surface area contributed by atoms with Crippen LogP contribution in [0.4, 0.5) is 33.5 Å². The molecule has 0 saturated heterocycles. The molecule has 0 spiro atoms. The van der Waals surface area contributed by atoms with Crippen LogP contribution >= 0.6 is 0 Å². The predicted octanol–water partition coefficient (Wildman–Crippen LogP) is 11.7. The number of carbonyl (C=O) groups excluding carboxylic acids is 2. The highest BCUT2D eigenvalue weighted by Crippen LogP contribution is 2.38. The second-order valence-corrected chi connectivity index (χ2v) is 12.9. The van der Waals surface area contributed by atoms with Gasteiger partial charge in [-0.05, 0) is 125 Å². The maximum absolute atomic E-state index is 13.7. The van der Waals surface area contributed by atoms with Crippen LogP contribution in [0, 0.1) is 0 Å². The Balaban J connectivity index is 1.00. The van der Waals surface area contributed by atoms with Crippen LogP contribution in [0.25, 0.3) is 0 Å². The van der Waals surface area contributed by atoms with Crippen molar-refractivity contribution in [1.82, 2.24) is 0 Å². The van der Waals surface area contributed by atoms with E-state index >= 15 is 0 Å². The molecule has 0 aliphatic rings. The quantitative estimate of drug-likeness (QED) is 0.114. The number of anilines is 2. The molecule has 286 valence electrons. The van der Waals surface area contributed by atoms with E-state index in [9.17, 15) is 31.7 Å². The lowest BCUT2D eigenvalue weighted by atomic mass is 9.78. The smallest absolute Gasteiger partial charge is 0.457 e. The molecule has 6 aromatic rings. The van der Waals surface area contributed by atoms with Gasteiger partial charge in [-0.25, -0.2) is 0 Å². The van der Waals surface area contributed by atoms with Gasteiger partial charge in [0, 0.05) is 22.4 Å². The van der Waals surface area contributed by atoms with Crippen LogP contribution in [0.3, 0.4) is 0 Å². The van der Waals surface area contributed by atoms with Gasteiger partial charge in [0.2, 0.25) is 0 Å². The molecule has 13 heteroatoms. The minimum atomic E-state index is -5.93. The number of amides is 2. The molecule has 0 heterocycles. The minimum absolute atomic E-state index is 0.243. The fourth-order valence-corrected chi connectivity index (χ4v) is 5.45. The van der Waals surface area contributed by atoms with Crippen molar-refractivity contribution in [3.63, 3.8) is 0 Å². The zero-order valence-corrected chi connectivity index (χ0v) is 29.8. The number of benzene rings is 6. The lowest BCUT2D eigenvalue weighted by Gasteiger charge is -2.26. The van der Waals surface area contributed by atoms with Crippen LogP contribution in [0.5, 0.6) is 34.5 Å². The van der Waals surface area contributed by atoms with Gasteiger partial charge in [0.05, 0.1) is 0 Å². The maximum atomic E-state index is 13.7. The lowest BCUT2D eigenvalue weighted by molar-refractivity contribution is -0.379. The number of nitrogens with one attached hydrogen (secondary N) is 2. The van der Waals surface area contributed by atoms with Gasteiger partial charge >= 0.3 is 17.9 Å². The van der Waals surface area contributed by atoms with E-state index in [1.807, 2.05) is 66.7 Å². The van der Waals surface area contributed by atoms with Crippen LogP contribution in [-0.2, 0) is 15.2 Å². The molecule has 8 nitrogen and oxygen atoms in total. The summed E-state index contributed by atoms with van der Waals surface area (Å²) in [6.07, 6.45) is -5.93. The SMILES string of the molecule is CC(C)(c1ccc(Oc2ccc(NC(=O)c3ccc(Oc4ccccc4)cc3)cc2)cc1)c1ccc(Oc2ccc(NC(=O)C(F)(OF)C(F)(F)F)cc2)cc1. The van der Waals surface area contributed by atoms with E-state index in [2.05, 4.69) is 24.1 Å². The minimum Gasteiger partial charge on any atom is -0.457 e. The highest BCUT2D eigenvalue weighted by molar-refractivity contribution is 6.04. The standard InChI is InChI=1S/C43H33F5N2O6/c1-41(2,30-12-22-36(23-13-30)55-38-26-16-32(17-27-38)50-40(52)42(44,56-48)43(45,46)47)29-10-20-35(21-11-29)54-37-24-14-31(15-25-37)49-39(51)28-8-18-34(19-9-28)53-33-6-4-3-5-7-33/h3-27H,1-2H3,(H,49,51)(H,50,52). The predicted molar refractivity (Wildman–Crippen MR) is 200 cm³/mol. The van der Waals surface area contributed by atoms with Crippen molar-refractivity contribution in [2.24, 2.45) is 0 Å². The first-order valence-electron chi connectivity index (χ1n) is 17.0. The van der Waals surface area contributed by atoms with E-state index in [1.165, 1.54) is 12.1 Å². The van der Waals surface area contributed by atoms with Crippen LogP contribution in [0.15, 0.2) is 152 Å². The zero-order chi connectivity index (χ0) is 39.9. The molecule has 1 unspecified atom stereocenters. The normalized spacial score (nSPS) is 12.6. The second kappa shape index (κ2) is 16.3. The number of alkyl halides is 4. The Morgan fingerprint density at radius 1 is 0.482 bits per heavy atom. The van der Waals surface area contributed by atoms with Crippen LogP contribution in [-0.4, -0.2) is 23.8 Å². The summed E-state index contributed by atoms with van der Waals surface area (Å²) in [5, 5.41) is 4.51. The van der Waals surface area contributed by atoms with E-state index < -0.39 is 23.4 Å². The van der Waals surface area contributed by atoms with Crippen molar-refractivity contribution < 1.29 is 50.8 Å². The molecule has 6 rings (SSSR count). The average molecular weight is 769 g/mol. The zero-order valence-electron chi connectivity index (χ0n) is 29.8. The monoisotopic (exact) mass is 768 g/mol. The van der Waals surface area contributed by atoms with Gasteiger partial charge in [-0.2, -0.15) is 17.6 Å². The van der Waals surface area contributed by atoms with Gasteiger partial charge in [0.25, 0.3) is 5.91 Å². The fourth-order valence-electron chi connectivity index (χ4n) is 5.45. The first kappa shape index (κ1) is 39.0. The van der Waals surface area contributed by atoms with E-state index in [4.69, 9.17) is 14.2 Å². The molecule has 0 bridgehead atoms. The third kappa shape index (κ3) is 9.13.